The fourth-order valence-corrected chi connectivity index (χ4v) is 3.58. The number of rotatable bonds is 2. The molecule has 3 heterocycles. The fourth-order valence-electron chi connectivity index (χ4n) is 2.73. The molecule has 0 unspecified atom stereocenters. The van der Waals surface area contributed by atoms with Crippen LogP contribution in [0.2, 0.25) is 0 Å². The normalized spacial score (nSPS) is 15.3. The average Bonchev–Trinajstić information content (AvgIpc) is 3.16. The topological polar surface area (TPSA) is 46.8 Å². The van der Waals surface area contributed by atoms with E-state index in [4.69, 9.17) is 4.74 Å². The molecule has 23 heavy (non-hydrogen) atoms. The molecule has 1 amide bonds. The van der Waals surface area contributed by atoms with E-state index in [1.807, 2.05) is 20.9 Å². The molecule has 1 aliphatic rings. The van der Waals surface area contributed by atoms with Gasteiger partial charge in [-0.3, -0.25) is 9.20 Å². The second-order valence-corrected chi connectivity index (χ2v) is 6.51. The molecule has 1 fully saturated rings. The van der Waals surface area contributed by atoms with E-state index in [9.17, 15) is 4.79 Å². The molecular formula is C17H17N3O2S. The Balaban J connectivity index is 1.69. The number of amides is 1. The molecule has 1 aliphatic heterocycles. The van der Waals surface area contributed by atoms with Crippen LogP contribution in [0.4, 0.5) is 0 Å². The van der Waals surface area contributed by atoms with Gasteiger partial charge in [0.2, 0.25) is 0 Å². The Morgan fingerprint density at radius 1 is 1.22 bits per heavy atom. The number of hydrogen-bond acceptors (Lipinski definition) is 4. The number of aryl methyl sites for hydroxylation is 1. The lowest BCUT2D eigenvalue weighted by molar-refractivity contribution is 0.0298. The summed E-state index contributed by atoms with van der Waals surface area (Å²) in [6, 6.07) is 8.27. The largest absolute Gasteiger partial charge is 0.378 e. The highest BCUT2D eigenvalue weighted by Crippen LogP contribution is 2.24. The first kappa shape index (κ1) is 14.4. The van der Waals surface area contributed by atoms with Crippen LogP contribution in [0.1, 0.15) is 16.1 Å². The lowest BCUT2D eigenvalue weighted by Crippen LogP contribution is -2.41. The van der Waals surface area contributed by atoms with E-state index in [1.54, 1.807) is 0 Å². The zero-order valence-electron chi connectivity index (χ0n) is 12.9. The molecule has 1 saturated heterocycles. The third kappa shape index (κ3) is 2.64. The molecule has 0 aliphatic carbocycles. The quantitative estimate of drug-likeness (QED) is 0.727. The van der Waals surface area contributed by atoms with Crippen molar-refractivity contribution in [2.75, 3.05) is 26.3 Å². The van der Waals surface area contributed by atoms with E-state index in [1.165, 1.54) is 16.9 Å². The predicted molar refractivity (Wildman–Crippen MR) is 90.0 cm³/mol. The first-order chi connectivity index (χ1) is 11.2. The summed E-state index contributed by atoms with van der Waals surface area (Å²) in [5.41, 5.74) is 3.86. The number of aromatic nitrogens is 2. The average molecular weight is 327 g/mol. The number of thiazole rings is 1. The van der Waals surface area contributed by atoms with Gasteiger partial charge in [-0.25, -0.2) is 4.98 Å². The van der Waals surface area contributed by atoms with E-state index in [0.717, 1.165) is 16.2 Å². The number of ether oxygens (including phenoxy) is 1. The summed E-state index contributed by atoms with van der Waals surface area (Å²) in [6.07, 6.45) is 1.95. The van der Waals surface area contributed by atoms with Crippen molar-refractivity contribution in [2.45, 2.75) is 6.92 Å². The SMILES string of the molecule is Cc1ccc(-c2cn3c(C(=O)N4CCOCC4)csc3n2)cc1. The molecule has 3 aromatic rings. The highest BCUT2D eigenvalue weighted by atomic mass is 32.1. The number of nitrogens with zero attached hydrogens (tertiary/aromatic N) is 3. The Labute approximate surface area is 138 Å². The Morgan fingerprint density at radius 2 is 1.96 bits per heavy atom. The highest BCUT2D eigenvalue weighted by Gasteiger charge is 2.22. The molecule has 2 aromatic heterocycles. The van der Waals surface area contributed by atoms with Crippen LogP contribution < -0.4 is 0 Å². The van der Waals surface area contributed by atoms with Crippen molar-refractivity contribution >= 4 is 22.2 Å². The van der Waals surface area contributed by atoms with Gasteiger partial charge in [0.1, 0.15) is 5.69 Å². The molecule has 118 valence electrons. The first-order valence-electron chi connectivity index (χ1n) is 7.63. The lowest BCUT2D eigenvalue weighted by atomic mass is 10.1. The molecule has 0 atom stereocenters. The molecule has 6 heteroatoms. The van der Waals surface area contributed by atoms with E-state index in [0.29, 0.717) is 32.0 Å². The Bertz CT molecular complexity index is 844. The standard InChI is InChI=1S/C17H17N3O2S/c1-12-2-4-13(5-3-12)14-10-20-15(11-23-17(20)18-14)16(21)19-6-8-22-9-7-19/h2-5,10-11H,6-9H2,1H3. The van der Waals surface area contributed by atoms with Gasteiger partial charge in [-0.1, -0.05) is 29.8 Å². The number of imidazole rings is 1. The molecule has 0 N–H and O–H groups in total. The Hall–Kier alpha value is -2.18. The monoisotopic (exact) mass is 327 g/mol. The Kier molecular flexibility index (Phi) is 3.63. The van der Waals surface area contributed by atoms with Gasteiger partial charge >= 0.3 is 0 Å². The molecule has 5 nitrogen and oxygen atoms in total. The number of hydrogen-bond donors (Lipinski definition) is 0. The van der Waals surface area contributed by atoms with Crippen LogP contribution in [0.15, 0.2) is 35.8 Å². The molecular weight excluding hydrogens is 310 g/mol. The second kappa shape index (κ2) is 5.79. The molecule has 0 saturated carbocycles. The minimum atomic E-state index is 0.0485. The lowest BCUT2D eigenvalue weighted by Gasteiger charge is -2.26. The maximum atomic E-state index is 12.7. The van der Waals surface area contributed by atoms with E-state index in [-0.39, 0.29) is 5.91 Å². The van der Waals surface area contributed by atoms with Crippen molar-refractivity contribution in [3.05, 3.63) is 47.1 Å². The number of carbonyl (C=O) groups excluding carboxylic acids is 1. The van der Waals surface area contributed by atoms with E-state index >= 15 is 0 Å². The number of benzene rings is 1. The summed E-state index contributed by atoms with van der Waals surface area (Å²) < 4.78 is 7.22. The zero-order valence-corrected chi connectivity index (χ0v) is 13.7. The predicted octanol–water partition coefficient (Wildman–Crippen LogP) is 2.84. The maximum Gasteiger partial charge on any atom is 0.271 e. The maximum absolute atomic E-state index is 12.7. The number of morpholine rings is 1. The van der Waals surface area contributed by atoms with Gasteiger partial charge in [-0.2, -0.15) is 0 Å². The van der Waals surface area contributed by atoms with Crippen molar-refractivity contribution in [3.8, 4) is 11.3 Å². The smallest absolute Gasteiger partial charge is 0.271 e. The third-order valence-electron chi connectivity index (χ3n) is 4.07. The highest BCUT2D eigenvalue weighted by molar-refractivity contribution is 7.15. The van der Waals surface area contributed by atoms with Crippen LogP contribution in [0.5, 0.6) is 0 Å². The second-order valence-electron chi connectivity index (χ2n) is 5.67. The minimum absolute atomic E-state index is 0.0485. The van der Waals surface area contributed by atoms with E-state index in [2.05, 4.69) is 36.2 Å². The van der Waals surface area contributed by atoms with Crippen molar-refractivity contribution in [1.82, 2.24) is 14.3 Å². The number of carbonyl (C=O) groups is 1. The van der Waals surface area contributed by atoms with Gasteiger partial charge in [-0.05, 0) is 6.92 Å². The summed E-state index contributed by atoms with van der Waals surface area (Å²) in [5, 5.41) is 1.89. The number of fused-ring (bicyclic) bond motifs is 1. The van der Waals surface area contributed by atoms with Crippen LogP contribution >= 0.6 is 11.3 Å². The van der Waals surface area contributed by atoms with Gasteiger partial charge in [0.15, 0.2) is 4.96 Å². The van der Waals surface area contributed by atoms with Crippen molar-refractivity contribution in [1.29, 1.82) is 0 Å². The van der Waals surface area contributed by atoms with Gasteiger partial charge in [-0.15, -0.1) is 11.3 Å². The minimum Gasteiger partial charge on any atom is -0.378 e. The third-order valence-corrected chi connectivity index (χ3v) is 4.91. The zero-order chi connectivity index (χ0) is 15.8. The van der Waals surface area contributed by atoms with Gasteiger partial charge in [0.25, 0.3) is 5.91 Å². The van der Waals surface area contributed by atoms with Gasteiger partial charge in [0, 0.05) is 30.2 Å². The van der Waals surface area contributed by atoms with Gasteiger partial charge < -0.3 is 9.64 Å². The van der Waals surface area contributed by atoms with Crippen LogP contribution in [-0.2, 0) is 4.74 Å². The molecule has 1 aromatic carbocycles. The van der Waals surface area contributed by atoms with Crippen LogP contribution in [-0.4, -0.2) is 46.5 Å². The molecule has 0 bridgehead atoms. The Morgan fingerprint density at radius 3 is 2.70 bits per heavy atom. The van der Waals surface area contributed by atoms with E-state index < -0.39 is 0 Å². The summed E-state index contributed by atoms with van der Waals surface area (Å²) in [4.78, 5) is 20.0. The van der Waals surface area contributed by atoms with Crippen molar-refractivity contribution in [2.24, 2.45) is 0 Å². The molecule has 0 spiro atoms. The summed E-state index contributed by atoms with van der Waals surface area (Å²) in [6.45, 7) is 4.58. The van der Waals surface area contributed by atoms with Gasteiger partial charge in [0.05, 0.1) is 18.9 Å². The van der Waals surface area contributed by atoms with Crippen molar-refractivity contribution < 1.29 is 9.53 Å². The molecule has 0 radical (unpaired) electrons. The molecule has 4 rings (SSSR count). The summed E-state index contributed by atoms with van der Waals surface area (Å²) in [5.74, 6) is 0.0485. The summed E-state index contributed by atoms with van der Waals surface area (Å²) in [7, 11) is 0. The van der Waals surface area contributed by atoms with Crippen LogP contribution in [0.25, 0.3) is 16.2 Å². The van der Waals surface area contributed by atoms with Crippen molar-refractivity contribution in [3.63, 3.8) is 0 Å². The van der Waals surface area contributed by atoms with Crippen LogP contribution in [0, 0.1) is 6.92 Å². The van der Waals surface area contributed by atoms with Crippen LogP contribution in [0.3, 0.4) is 0 Å². The fraction of sp³-hybridized carbons (Fsp3) is 0.294. The first-order valence-corrected chi connectivity index (χ1v) is 8.51. The summed E-state index contributed by atoms with van der Waals surface area (Å²) >= 11 is 1.50.